The van der Waals surface area contributed by atoms with Crippen LogP contribution in [-0.4, -0.2) is 26.3 Å². The molecule has 0 bridgehead atoms. The molecule has 0 aliphatic heterocycles. The summed E-state index contributed by atoms with van der Waals surface area (Å²) < 4.78 is 5.16. The van der Waals surface area contributed by atoms with Crippen LogP contribution in [0.25, 0.3) is 0 Å². The number of nitrogens with one attached hydrogen (secondary N) is 1. The zero-order valence-electron chi connectivity index (χ0n) is 9.81. The molecule has 0 spiro atoms. The van der Waals surface area contributed by atoms with Crippen LogP contribution in [0.4, 0.5) is 0 Å². The highest BCUT2D eigenvalue weighted by Crippen LogP contribution is 2.11. The molecule has 0 aromatic carbocycles. The minimum Gasteiger partial charge on any atom is -0.383 e. The molecule has 1 atom stereocenters. The number of methoxy groups -OCH3 is 1. The fourth-order valence-corrected chi connectivity index (χ4v) is 1.24. The summed E-state index contributed by atoms with van der Waals surface area (Å²) >= 11 is 0. The Morgan fingerprint density at radius 3 is 2.31 bits per heavy atom. The van der Waals surface area contributed by atoms with Crippen molar-refractivity contribution in [3.63, 3.8) is 0 Å². The molecule has 13 heavy (non-hydrogen) atoms. The molecule has 0 aliphatic carbocycles. The number of hydrogen-bond donors (Lipinski definition) is 1. The summed E-state index contributed by atoms with van der Waals surface area (Å²) in [5.74, 6) is 0. The van der Waals surface area contributed by atoms with Gasteiger partial charge in [0.05, 0.1) is 6.61 Å². The standard InChI is InChI=1S/C11H25NO/c1-6-7-10(8-13-5)12-9-11(2,3)4/h10,12H,6-9H2,1-5H3. The Kier molecular flexibility index (Phi) is 6.35. The van der Waals surface area contributed by atoms with Crippen molar-refractivity contribution in [2.45, 2.75) is 46.6 Å². The molecule has 0 saturated carbocycles. The van der Waals surface area contributed by atoms with E-state index in [1.54, 1.807) is 7.11 Å². The minimum absolute atomic E-state index is 0.361. The highest BCUT2D eigenvalue weighted by Gasteiger charge is 2.13. The number of ether oxygens (including phenoxy) is 1. The van der Waals surface area contributed by atoms with Crippen LogP contribution >= 0.6 is 0 Å². The quantitative estimate of drug-likeness (QED) is 0.689. The fraction of sp³-hybridized carbons (Fsp3) is 1.00. The second-order valence-corrected chi connectivity index (χ2v) is 4.88. The van der Waals surface area contributed by atoms with Gasteiger partial charge in [-0.15, -0.1) is 0 Å². The van der Waals surface area contributed by atoms with E-state index >= 15 is 0 Å². The lowest BCUT2D eigenvalue weighted by Gasteiger charge is -2.24. The first-order chi connectivity index (χ1) is 5.99. The summed E-state index contributed by atoms with van der Waals surface area (Å²) in [6.45, 7) is 10.8. The first-order valence-electron chi connectivity index (χ1n) is 5.22. The summed E-state index contributed by atoms with van der Waals surface area (Å²) in [6, 6.07) is 0.522. The van der Waals surface area contributed by atoms with Gasteiger partial charge in [-0.25, -0.2) is 0 Å². The van der Waals surface area contributed by atoms with Crippen molar-refractivity contribution < 1.29 is 4.74 Å². The third-order valence-electron chi connectivity index (χ3n) is 1.93. The maximum atomic E-state index is 5.16. The Morgan fingerprint density at radius 1 is 1.31 bits per heavy atom. The molecule has 1 N–H and O–H groups in total. The van der Waals surface area contributed by atoms with Gasteiger partial charge in [0, 0.05) is 19.7 Å². The van der Waals surface area contributed by atoms with Gasteiger partial charge in [0.25, 0.3) is 0 Å². The van der Waals surface area contributed by atoms with Crippen LogP contribution in [0.3, 0.4) is 0 Å². The molecule has 1 unspecified atom stereocenters. The summed E-state index contributed by atoms with van der Waals surface area (Å²) in [5.41, 5.74) is 0.361. The monoisotopic (exact) mass is 187 g/mol. The fourth-order valence-electron chi connectivity index (χ4n) is 1.24. The van der Waals surface area contributed by atoms with Crippen molar-refractivity contribution in [2.75, 3.05) is 20.3 Å². The van der Waals surface area contributed by atoms with Crippen LogP contribution in [0.5, 0.6) is 0 Å². The molecular weight excluding hydrogens is 162 g/mol. The normalized spacial score (nSPS) is 14.5. The third kappa shape index (κ3) is 8.26. The molecular formula is C11H25NO. The second kappa shape index (κ2) is 6.39. The van der Waals surface area contributed by atoms with E-state index in [-0.39, 0.29) is 0 Å². The molecule has 2 nitrogen and oxygen atoms in total. The largest absolute Gasteiger partial charge is 0.383 e. The van der Waals surface area contributed by atoms with Crippen molar-refractivity contribution in [2.24, 2.45) is 5.41 Å². The molecule has 0 radical (unpaired) electrons. The van der Waals surface area contributed by atoms with E-state index in [9.17, 15) is 0 Å². The predicted molar refractivity (Wildman–Crippen MR) is 58.0 cm³/mol. The van der Waals surface area contributed by atoms with Gasteiger partial charge >= 0.3 is 0 Å². The van der Waals surface area contributed by atoms with E-state index in [0.29, 0.717) is 11.5 Å². The van der Waals surface area contributed by atoms with Crippen molar-refractivity contribution in [3.05, 3.63) is 0 Å². The van der Waals surface area contributed by atoms with Gasteiger partial charge in [-0.2, -0.15) is 0 Å². The molecule has 0 fully saturated rings. The third-order valence-corrected chi connectivity index (χ3v) is 1.93. The summed E-state index contributed by atoms with van der Waals surface area (Å²) in [4.78, 5) is 0. The Labute approximate surface area is 83.1 Å². The first kappa shape index (κ1) is 12.9. The summed E-state index contributed by atoms with van der Waals surface area (Å²) in [6.07, 6.45) is 2.41. The summed E-state index contributed by atoms with van der Waals surface area (Å²) in [5, 5.41) is 3.54. The van der Waals surface area contributed by atoms with Crippen LogP contribution in [0.15, 0.2) is 0 Å². The van der Waals surface area contributed by atoms with Gasteiger partial charge in [-0.05, 0) is 11.8 Å². The maximum Gasteiger partial charge on any atom is 0.0615 e. The van der Waals surface area contributed by atoms with Gasteiger partial charge in [-0.1, -0.05) is 34.1 Å². The molecule has 0 aromatic rings. The van der Waals surface area contributed by atoms with Gasteiger partial charge < -0.3 is 10.1 Å². The predicted octanol–water partition coefficient (Wildman–Crippen LogP) is 2.44. The van der Waals surface area contributed by atoms with Crippen LogP contribution in [-0.2, 0) is 4.74 Å². The Morgan fingerprint density at radius 2 is 1.92 bits per heavy atom. The van der Waals surface area contributed by atoms with E-state index in [1.807, 2.05) is 0 Å². The Hall–Kier alpha value is -0.0800. The molecule has 0 heterocycles. The molecule has 0 aromatic heterocycles. The Bertz CT molecular complexity index is 112. The molecule has 0 rings (SSSR count). The van der Waals surface area contributed by atoms with E-state index in [2.05, 4.69) is 33.0 Å². The second-order valence-electron chi connectivity index (χ2n) is 4.88. The average Bonchev–Trinajstić information content (AvgIpc) is 2.00. The zero-order valence-corrected chi connectivity index (χ0v) is 9.81. The van der Waals surface area contributed by atoms with Gasteiger partial charge in [0.2, 0.25) is 0 Å². The van der Waals surface area contributed by atoms with Crippen LogP contribution in [0, 0.1) is 5.41 Å². The van der Waals surface area contributed by atoms with Gasteiger partial charge in [0.1, 0.15) is 0 Å². The Balaban J connectivity index is 3.68. The van der Waals surface area contributed by atoms with Crippen LogP contribution < -0.4 is 5.32 Å². The lowest BCUT2D eigenvalue weighted by atomic mass is 9.96. The smallest absolute Gasteiger partial charge is 0.0615 e. The van der Waals surface area contributed by atoms with E-state index in [4.69, 9.17) is 4.74 Å². The minimum atomic E-state index is 0.361. The highest BCUT2D eigenvalue weighted by molar-refractivity contribution is 4.71. The van der Waals surface area contributed by atoms with Crippen molar-refractivity contribution in [3.8, 4) is 0 Å². The lowest BCUT2D eigenvalue weighted by Crippen LogP contribution is -2.38. The molecule has 0 amide bonds. The first-order valence-corrected chi connectivity index (χ1v) is 5.22. The highest BCUT2D eigenvalue weighted by atomic mass is 16.5. The topological polar surface area (TPSA) is 21.3 Å². The molecule has 2 heteroatoms. The van der Waals surface area contributed by atoms with E-state index in [0.717, 1.165) is 13.2 Å². The number of hydrogen-bond acceptors (Lipinski definition) is 2. The van der Waals surface area contributed by atoms with Crippen molar-refractivity contribution in [1.82, 2.24) is 5.32 Å². The average molecular weight is 187 g/mol. The zero-order chi connectivity index (χ0) is 10.3. The summed E-state index contributed by atoms with van der Waals surface area (Å²) in [7, 11) is 1.77. The van der Waals surface area contributed by atoms with Gasteiger partial charge in [-0.3, -0.25) is 0 Å². The van der Waals surface area contributed by atoms with Crippen LogP contribution in [0.2, 0.25) is 0 Å². The van der Waals surface area contributed by atoms with E-state index < -0.39 is 0 Å². The lowest BCUT2D eigenvalue weighted by molar-refractivity contribution is 0.156. The molecule has 80 valence electrons. The number of rotatable bonds is 6. The maximum absolute atomic E-state index is 5.16. The molecule has 0 saturated heterocycles. The van der Waals surface area contributed by atoms with Crippen molar-refractivity contribution in [1.29, 1.82) is 0 Å². The van der Waals surface area contributed by atoms with Crippen LogP contribution in [0.1, 0.15) is 40.5 Å². The molecule has 0 aliphatic rings. The SMILES string of the molecule is CCCC(COC)NCC(C)(C)C. The van der Waals surface area contributed by atoms with Crippen molar-refractivity contribution >= 4 is 0 Å². The van der Waals surface area contributed by atoms with Gasteiger partial charge in [0.15, 0.2) is 0 Å². The van der Waals surface area contributed by atoms with E-state index in [1.165, 1.54) is 12.8 Å².